The van der Waals surface area contributed by atoms with Crippen molar-refractivity contribution in [1.29, 1.82) is 0 Å². The van der Waals surface area contributed by atoms with Gasteiger partial charge in [-0.3, -0.25) is 0 Å². The van der Waals surface area contributed by atoms with Crippen molar-refractivity contribution in [2.75, 3.05) is 12.8 Å². The van der Waals surface area contributed by atoms with Crippen LogP contribution in [0.1, 0.15) is 31.2 Å². The predicted molar refractivity (Wildman–Crippen MR) is 75.6 cm³/mol. The van der Waals surface area contributed by atoms with Crippen LogP contribution in [0.3, 0.4) is 0 Å². The molecule has 1 heterocycles. The number of hydrogen-bond acceptors (Lipinski definition) is 3. The molecule has 1 aliphatic carbocycles. The van der Waals surface area contributed by atoms with Gasteiger partial charge in [-0.25, -0.2) is 0 Å². The Bertz CT molecular complexity index is 284. The molecular formula is C13H21NS2. The summed E-state index contributed by atoms with van der Waals surface area (Å²) in [5.41, 5.74) is 1.48. The molecule has 1 nitrogen and oxygen atoms in total. The number of hydrogen-bond donors (Lipinski definition) is 1. The zero-order chi connectivity index (χ0) is 11.2. The van der Waals surface area contributed by atoms with Crippen molar-refractivity contribution in [3.05, 3.63) is 22.4 Å². The van der Waals surface area contributed by atoms with Gasteiger partial charge in [-0.2, -0.15) is 23.1 Å². The first-order valence-electron chi connectivity index (χ1n) is 6.15. The first-order valence-corrected chi connectivity index (χ1v) is 8.39. The highest BCUT2D eigenvalue weighted by Gasteiger charge is 2.20. The van der Waals surface area contributed by atoms with Crippen molar-refractivity contribution < 1.29 is 0 Å². The van der Waals surface area contributed by atoms with Crippen LogP contribution in [0.25, 0.3) is 0 Å². The highest BCUT2D eigenvalue weighted by molar-refractivity contribution is 7.99. The van der Waals surface area contributed by atoms with E-state index in [2.05, 4.69) is 28.4 Å². The molecule has 1 aliphatic rings. The van der Waals surface area contributed by atoms with E-state index in [0.29, 0.717) is 0 Å². The monoisotopic (exact) mass is 255 g/mol. The van der Waals surface area contributed by atoms with Crippen molar-refractivity contribution in [1.82, 2.24) is 5.32 Å². The maximum Gasteiger partial charge on any atom is 0.00777 e. The van der Waals surface area contributed by atoms with Crippen LogP contribution in [-0.4, -0.2) is 24.1 Å². The Hall–Kier alpha value is 0.01000. The Kier molecular flexibility index (Phi) is 5.20. The van der Waals surface area contributed by atoms with Crippen molar-refractivity contribution in [3.63, 3.8) is 0 Å². The average molecular weight is 255 g/mol. The number of thiophene rings is 1. The van der Waals surface area contributed by atoms with E-state index >= 15 is 0 Å². The molecule has 1 saturated carbocycles. The summed E-state index contributed by atoms with van der Waals surface area (Å²) in [6, 6.07) is 3.00. The van der Waals surface area contributed by atoms with Crippen LogP contribution in [0, 0.1) is 0 Å². The van der Waals surface area contributed by atoms with Gasteiger partial charge in [-0.15, -0.1) is 0 Å². The highest BCUT2D eigenvalue weighted by atomic mass is 32.2. The van der Waals surface area contributed by atoms with E-state index in [9.17, 15) is 0 Å². The Balaban J connectivity index is 1.65. The normalized spacial score (nSPS) is 25.8. The van der Waals surface area contributed by atoms with Crippen molar-refractivity contribution in [2.45, 2.75) is 43.4 Å². The Labute approximate surface area is 107 Å². The van der Waals surface area contributed by atoms with Gasteiger partial charge in [-0.1, -0.05) is 6.42 Å². The third-order valence-corrected chi connectivity index (χ3v) is 5.21. The van der Waals surface area contributed by atoms with Gasteiger partial charge in [0.2, 0.25) is 0 Å². The molecule has 0 aromatic carbocycles. The van der Waals surface area contributed by atoms with Crippen LogP contribution in [0.4, 0.5) is 0 Å². The van der Waals surface area contributed by atoms with Gasteiger partial charge in [0.15, 0.2) is 0 Å². The quantitative estimate of drug-likeness (QED) is 0.863. The van der Waals surface area contributed by atoms with Gasteiger partial charge in [0, 0.05) is 11.3 Å². The fourth-order valence-electron chi connectivity index (χ4n) is 2.40. The minimum absolute atomic E-state index is 0.768. The lowest BCUT2D eigenvalue weighted by molar-refractivity contribution is 0.383. The maximum atomic E-state index is 3.72. The molecule has 0 aliphatic heterocycles. The van der Waals surface area contributed by atoms with Crippen molar-refractivity contribution in [2.24, 2.45) is 0 Å². The van der Waals surface area contributed by atoms with Crippen LogP contribution in [0.5, 0.6) is 0 Å². The summed E-state index contributed by atoms with van der Waals surface area (Å²) in [5.74, 6) is 0. The molecule has 2 atom stereocenters. The van der Waals surface area contributed by atoms with Crippen molar-refractivity contribution in [3.8, 4) is 0 Å². The lowest BCUT2D eigenvalue weighted by Crippen LogP contribution is -2.36. The summed E-state index contributed by atoms with van der Waals surface area (Å²) in [6.07, 6.45) is 9.00. The summed E-state index contributed by atoms with van der Waals surface area (Å²) in [6.45, 7) is 1.14. The van der Waals surface area contributed by atoms with Crippen LogP contribution >= 0.6 is 23.1 Å². The van der Waals surface area contributed by atoms with E-state index in [1.807, 2.05) is 11.8 Å². The first kappa shape index (κ1) is 12.5. The summed E-state index contributed by atoms with van der Waals surface area (Å²) >= 11 is 3.84. The lowest BCUT2D eigenvalue weighted by atomic mass is 9.95. The summed E-state index contributed by atoms with van der Waals surface area (Å²) in [5, 5.41) is 9.03. The van der Waals surface area contributed by atoms with E-state index in [1.54, 1.807) is 11.3 Å². The largest absolute Gasteiger partial charge is 0.314 e. The zero-order valence-electron chi connectivity index (χ0n) is 9.95. The molecule has 0 amide bonds. The molecular weight excluding hydrogens is 234 g/mol. The number of nitrogens with one attached hydrogen (secondary N) is 1. The third kappa shape index (κ3) is 3.79. The highest BCUT2D eigenvalue weighted by Crippen LogP contribution is 2.26. The van der Waals surface area contributed by atoms with Crippen LogP contribution < -0.4 is 5.32 Å². The van der Waals surface area contributed by atoms with Gasteiger partial charge >= 0.3 is 0 Å². The fourth-order valence-corrected chi connectivity index (χ4v) is 3.93. The molecule has 0 spiro atoms. The minimum Gasteiger partial charge on any atom is -0.314 e. The van der Waals surface area contributed by atoms with E-state index in [1.165, 1.54) is 37.7 Å². The van der Waals surface area contributed by atoms with Crippen LogP contribution in [0.15, 0.2) is 16.8 Å². The first-order chi connectivity index (χ1) is 7.88. The van der Waals surface area contributed by atoms with Gasteiger partial charge in [0.25, 0.3) is 0 Å². The van der Waals surface area contributed by atoms with Crippen molar-refractivity contribution >= 4 is 23.1 Å². The summed E-state index contributed by atoms with van der Waals surface area (Å²) < 4.78 is 0. The Morgan fingerprint density at radius 2 is 2.44 bits per heavy atom. The second-order valence-corrected chi connectivity index (χ2v) is 6.48. The molecule has 1 aromatic rings. The van der Waals surface area contributed by atoms with Crippen LogP contribution in [-0.2, 0) is 6.42 Å². The van der Waals surface area contributed by atoms with E-state index in [0.717, 1.165) is 17.8 Å². The van der Waals surface area contributed by atoms with Gasteiger partial charge < -0.3 is 5.32 Å². The summed E-state index contributed by atoms with van der Waals surface area (Å²) in [7, 11) is 0. The molecule has 1 N–H and O–H groups in total. The molecule has 1 aromatic heterocycles. The lowest BCUT2D eigenvalue weighted by Gasteiger charge is -2.28. The second-order valence-electron chi connectivity index (χ2n) is 4.56. The molecule has 2 rings (SSSR count). The topological polar surface area (TPSA) is 12.0 Å². The predicted octanol–water partition coefficient (Wildman–Crippen LogP) is 3.55. The smallest absolute Gasteiger partial charge is 0.00777 e. The Morgan fingerprint density at radius 1 is 1.50 bits per heavy atom. The van der Waals surface area contributed by atoms with E-state index in [4.69, 9.17) is 0 Å². The molecule has 90 valence electrons. The van der Waals surface area contributed by atoms with Gasteiger partial charge in [0.05, 0.1) is 0 Å². The summed E-state index contributed by atoms with van der Waals surface area (Å²) in [4.78, 5) is 0. The van der Waals surface area contributed by atoms with E-state index in [-0.39, 0.29) is 0 Å². The SMILES string of the molecule is CSC1CCCC(NCCc2ccsc2)C1. The molecule has 1 fully saturated rings. The average Bonchev–Trinajstić information content (AvgIpc) is 2.82. The molecule has 0 bridgehead atoms. The molecule has 0 saturated heterocycles. The third-order valence-electron chi connectivity index (χ3n) is 3.39. The Morgan fingerprint density at radius 3 is 3.19 bits per heavy atom. The number of rotatable bonds is 5. The second kappa shape index (κ2) is 6.67. The molecule has 3 heteroatoms. The van der Waals surface area contributed by atoms with E-state index < -0.39 is 0 Å². The maximum absolute atomic E-state index is 3.72. The zero-order valence-corrected chi connectivity index (χ0v) is 11.6. The van der Waals surface area contributed by atoms with Gasteiger partial charge in [-0.05, 0) is 60.9 Å². The minimum atomic E-state index is 0.768. The molecule has 16 heavy (non-hydrogen) atoms. The van der Waals surface area contributed by atoms with Crippen LogP contribution in [0.2, 0.25) is 0 Å². The molecule has 0 radical (unpaired) electrons. The number of thioether (sulfide) groups is 1. The molecule has 2 unspecified atom stereocenters. The van der Waals surface area contributed by atoms with Gasteiger partial charge in [0.1, 0.15) is 0 Å². The fraction of sp³-hybridized carbons (Fsp3) is 0.692. The standard InChI is InChI=1S/C13H21NS2/c1-15-13-4-2-3-12(9-13)14-7-5-11-6-8-16-10-11/h6,8,10,12-14H,2-5,7,9H2,1H3.